The average molecular weight is 393 g/mol. The Bertz CT molecular complexity index is 891. The van der Waals surface area contributed by atoms with Crippen molar-refractivity contribution in [3.8, 4) is 0 Å². The van der Waals surface area contributed by atoms with Crippen molar-refractivity contribution < 1.29 is 19.6 Å². The molecule has 0 radical (unpaired) electrons. The summed E-state index contributed by atoms with van der Waals surface area (Å²) >= 11 is 7.52. The number of carbonyl (C=O) groups excluding carboxylic acids is 1. The highest BCUT2D eigenvalue weighted by atomic mass is 35.5. The van der Waals surface area contributed by atoms with Crippen LogP contribution in [0.1, 0.15) is 21.3 Å². The lowest BCUT2D eigenvalue weighted by atomic mass is 10.1. The molecule has 0 aliphatic carbocycles. The summed E-state index contributed by atoms with van der Waals surface area (Å²) in [6.45, 7) is 0. The lowest BCUT2D eigenvalue weighted by Gasteiger charge is -2.28. The van der Waals surface area contributed by atoms with Crippen molar-refractivity contribution in [2.45, 2.75) is 11.4 Å². The fraction of sp³-hybridized carbons (Fsp3) is 0.176. The second-order valence-electron chi connectivity index (χ2n) is 5.58. The molecule has 0 bridgehead atoms. The van der Waals surface area contributed by atoms with Crippen LogP contribution in [0.5, 0.6) is 0 Å². The first-order valence-electron chi connectivity index (χ1n) is 7.56. The molecule has 1 amide bonds. The molecular weight excluding hydrogens is 380 g/mol. The fourth-order valence-corrected chi connectivity index (χ4v) is 4.52. The number of benzene rings is 2. The molecule has 0 spiro atoms. The second kappa shape index (κ2) is 7.35. The summed E-state index contributed by atoms with van der Waals surface area (Å²) < 4.78 is 0. The van der Waals surface area contributed by atoms with Gasteiger partial charge in [-0.25, -0.2) is 4.79 Å². The number of nitro benzene ring substituents is 1. The third-order valence-electron chi connectivity index (χ3n) is 4.00. The van der Waals surface area contributed by atoms with Gasteiger partial charge in [0.15, 0.2) is 0 Å². The molecule has 7 nitrogen and oxygen atoms in total. The van der Waals surface area contributed by atoms with E-state index < -0.39 is 28.2 Å². The Balaban J connectivity index is 2.03. The second-order valence-corrected chi connectivity index (χ2v) is 7.10. The monoisotopic (exact) mass is 392 g/mol. The van der Waals surface area contributed by atoms with Crippen molar-refractivity contribution in [1.29, 1.82) is 0 Å². The van der Waals surface area contributed by atoms with Crippen LogP contribution in [0.15, 0.2) is 48.5 Å². The molecule has 2 aromatic rings. The van der Waals surface area contributed by atoms with E-state index in [-0.39, 0.29) is 17.0 Å². The average Bonchev–Trinajstić information content (AvgIpc) is 3.06. The van der Waals surface area contributed by atoms with Crippen LogP contribution in [0.4, 0.5) is 5.69 Å². The van der Waals surface area contributed by atoms with E-state index in [0.29, 0.717) is 10.6 Å². The summed E-state index contributed by atoms with van der Waals surface area (Å²) in [4.78, 5) is 36.2. The highest BCUT2D eigenvalue weighted by Crippen LogP contribution is 2.44. The summed E-state index contributed by atoms with van der Waals surface area (Å²) in [5, 5.41) is 20.3. The molecule has 0 saturated carbocycles. The van der Waals surface area contributed by atoms with E-state index in [2.05, 4.69) is 0 Å². The third kappa shape index (κ3) is 3.38. The molecule has 0 aromatic heterocycles. The van der Waals surface area contributed by atoms with Crippen molar-refractivity contribution in [1.82, 2.24) is 4.90 Å². The Morgan fingerprint density at radius 3 is 2.62 bits per heavy atom. The molecule has 134 valence electrons. The zero-order chi connectivity index (χ0) is 18.8. The van der Waals surface area contributed by atoms with E-state index in [0.717, 1.165) is 6.07 Å². The number of aliphatic carboxylic acids is 1. The normalized spacial score (nSPS) is 19.3. The van der Waals surface area contributed by atoms with Crippen molar-refractivity contribution in [3.05, 3.63) is 74.8 Å². The Hall–Kier alpha value is -2.58. The van der Waals surface area contributed by atoms with Gasteiger partial charge in [0.1, 0.15) is 11.4 Å². The molecule has 1 aliphatic rings. The van der Waals surface area contributed by atoms with Gasteiger partial charge < -0.3 is 10.0 Å². The number of nitro groups is 1. The maximum Gasteiger partial charge on any atom is 0.327 e. The lowest BCUT2D eigenvalue weighted by Crippen LogP contribution is -2.43. The summed E-state index contributed by atoms with van der Waals surface area (Å²) in [6, 6.07) is 11.1. The molecule has 2 aromatic carbocycles. The van der Waals surface area contributed by atoms with Gasteiger partial charge in [-0.05, 0) is 12.1 Å². The molecular formula is C17H13ClN2O5S. The van der Waals surface area contributed by atoms with Gasteiger partial charge in [0.25, 0.3) is 11.6 Å². The molecule has 1 aliphatic heterocycles. The van der Waals surface area contributed by atoms with Crippen LogP contribution in [-0.2, 0) is 4.79 Å². The van der Waals surface area contributed by atoms with Crippen LogP contribution in [0.3, 0.4) is 0 Å². The molecule has 9 heteroatoms. The number of carbonyl (C=O) groups is 2. The SMILES string of the molecule is O=C(O)[C@@H]1CS[C@@H](c2ccccc2Cl)N1C(=O)c1cccc([N+](=O)[O-])c1. The molecule has 1 heterocycles. The van der Waals surface area contributed by atoms with Crippen LogP contribution in [0, 0.1) is 10.1 Å². The predicted molar refractivity (Wildman–Crippen MR) is 97.3 cm³/mol. The van der Waals surface area contributed by atoms with Crippen LogP contribution >= 0.6 is 23.4 Å². The summed E-state index contributed by atoms with van der Waals surface area (Å²) in [7, 11) is 0. The highest BCUT2D eigenvalue weighted by molar-refractivity contribution is 7.99. The molecule has 3 rings (SSSR count). The number of thioether (sulfide) groups is 1. The van der Waals surface area contributed by atoms with Gasteiger partial charge in [-0.2, -0.15) is 0 Å². The minimum atomic E-state index is -1.13. The van der Waals surface area contributed by atoms with Crippen molar-refractivity contribution in [2.24, 2.45) is 0 Å². The Labute approximate surface area is 157 Å². The van der Waals surface area contributed by atoms with Crippen LogP contribution in [-0.4, -0.2) is 38.6 Å². The number of hydrogen-bond acceptors (Lipinski definition) is 5. The first-order chi connectivity index (χ1) is 12.4. The van der Waals surface area contributed by atoms with Crippen LogP contribution in [0.25, 0.3) is 0 Å². The Kier molecular flexibility index (Phi) is 5.15. The Morgan fingerprint density at radius 2 is 1.96 bits per heavy atom. The van der Waals surface area contributed by atoms with Crippen molar-refractivity contribution in [3.63, 3.8) is 0 Å². The molecule has 26 heavy (non-hydrogen) atoms. The Morgan fingerprint density at radius 1 is 1.23 bits per heavy atom. The first kappa shape index (κ1) is 18.2. The zero-order valence-electron chi connectivity index (χ0n) is 13.2. The maximum absolute atomic E-state index is 13.0. The summed E-state index contributed by atoms with van der Waals surface area (Å²) in [6.07, 6.45) is 0. The lowest BCUT2D eigenvalue weighted by molar-refractivity contribution is -0.384. The molecule has 1 N–H and O–H groups in total. The quantitative estimate of drug-likeness (QED) is 0.630. The first-order valence-corrected chi connectivity index (χ1v) is 8.99. The summed E-state index contributed by atoms with van der Waals surface area (Å²) in [5.74, 6) is -1.52. The number of nitrogens with zero attached hydrogens (tertiary/aromatic N) is 2. The summed E-state index contributed by atoms with van der Waals surface area (Å²) in [5.41, 5.74) is 0.454. The van der Waals surface area contributed by atoms with Crippen LogP contribution < -0.4 is 0 Å². The van der Waals surface area contributed by atoms with E-state index in [4.69, 9.17) is 11.6 Å². The van der Waals surface area contributed by atoms with Crippen LogP contribution in [0.2, 0.25) is 5.02 Å². The molecule has 1 fully saturated rings. The van der Waals surface area contributed by atoms with Crippen molar-refractivity contribution in [2.75, 3.05) is 5.75 Å². The number of carboxylic acid groups (broad SMARTS) is 1. The molecule has 0 unspecified atom stereocenters. The number of amides is 1. The van der Waals surface area contributed by atoms with Crippen molar-refractivity contribution >= 4 is 40.9 Å². The van der Waals surface area contributed by atoms with E-state index in [1.807, 2.05) is 0 Å². The van der Waals surface area contributed by atoms with Gasteiger partial charge in [-0.1, -0.05) is 35.9 Å². The van der Waals surface area contributed by atoms with E-state index in [1.54, 1.807) is 24.3 Å². The number of hydrogen-bond donors (Lipinski definition) is 1. The number of non-ortho nitro benzene ring substituents is 1. The highest BCUT2D eigenvalue weighted by Gasteiger charge is 2.43. The van der Waals surface area contributed by atoms with Gasteiger partial charge in [0.2, 0.25) is 0 Å². The van der Waals surface area contributed by atoms with E-state index >= 15 is 0 Å². The minimum absolute atomic E-state index is 0.0602. The number of halogens is 1. The smallest absolute Gasteiger partial charge is 0.327 e. The van der Waals surface area contributed by atoms with Gasteiger partial charge >= 0.3 is 5.97 Å². The zero-order valence-corrected chi connectivity index (χ0v) is 14.8. The van der Waals surface area contributed by atoms with E-state index in [9.17, 15) is 24.8 Å². The van der Waals surface area contributed by atoms with Gasteiger partial charge in [0.05, 0.1) is 4.92 Å². The minimum Gasteiger partial charge on any atom is -0.480 e. The fourth-order valence-electron chi connectivity index (χ4n) is 2.76. The van der Waals surface area contributed by atoms with Gasteiger partial charge in [-0.15, -0.1) is 11.8 Å². The van der Waals surface area contributed by atoms with Gasteiger partial charge in [0, 0.05) is 34.0 Å². The largest absolute Gasteiger partial charge is 0.480 e. The van der Waals surface area contributed by atoms with E-state index in [1.165, 1.54) is 34.9 Å². The number of rotatable bonds is 4. The standard InChI is InChI=1S/C17H13ClN2O5S/c18-13-7-2-1-6-12(13)16-19(14(9-26-16)17(22)23)15(21)10-4-3-5-11(8-10)20(24)25/h1-8,14,16H,9H2,(H,22,23)/t14-,16-/m0/s1. The molecule has 1 saturated heterocycles. The topological polar surface area (TPSA) is 101 Å². The number of carboxylic acids is 1. The third-order valence-corrected chi connectivity index (χ3v) is 5.64. The van der Waals surface area contributed by atoms with Gasteiger partial charge in [-0.3, -0.25) is 14.9 Å². The predicted octanol–water partition coefficient (Wildman–Crippen LogP) is 3.59. The maximum atomic E-state index is 13.0. The molecule has 2 atom stereocenters.